The molecule has 0 aliphatic carbocycles. The Balaban J connectivity index is 1.86. The van der Waals surface area contributed by atoms with Gasteiger partial charge >= 0.3 is 5.97 Å². The standard InChI is InChI=1S/C21H21ClN2O3/c1-13(2)27-21(26)19(24-20(25)16-8-3-5-9-17(16)22)11-14-12-23-18-10-6-4-7-15(14)18/h3-10,12-13,19,23H,11H2,1-2H3,(H,24,25)/t19-/m1/s1. The number of para-hydroxylation sites is 1. The number of fused-ring (bicyclic) bond motifs is 1. The zero-order chi connectivity index (χ0) is 19.4. The highest BCUT2D eigenvalue weighted by molar-refractivity contribution is 6.33. The van der Waals surface area contributed by atoms with Crippen LogP contribution in [0.4, 0.5) is 0 Å². The number of ether oxygens (including phenoxy) is 1. The molecule has 0 spiro atoms. The lowest BCUT2D eigenvalue weighted by Gasteiger charge is -2.19. The average molecular weight is 385 g/mol. The van der Waals surface area contributed by atoms with Crippen LogP contribution in [0.25, 0.3) is 10.9 Å². The van der Waals surface area contributed by atoms with Gasteiger partial charge in [0.05, 0.1) is 16.7 Å². The van der Waals surface area contributed by atoms with Crippen LogP contribution in [0.15, 0.2) is 54.7 Å². The van der Waals surface area contributed by atoms with E-state index in [1.54, 1.807) is 38.1 Å². The molecule has 0 saturated heterocycles. The summed E-state index contributed by atoms with van der Waals surface area (Å²) in [7, 11) is 0. The van der Waals surface area contributed by atoms with Crippen LogP contribution in [0.3, 0.4) is 0 Å². The Kier molecular flexibility index (Phi) is 5.81. The number of H-pyrrole nitrogens is 1. The fourth-order valence-corrected chi connectivity index (χ4v) is 3.13. The van der Waals surface area contributed by atoms with Crippen LogP contribution in [-0.2, 0) is 16.0 Å². The summed E-state index contributed by atoms with van der Waals surface area (Å²) in [6.07, 6.45) is 1.88. The molecule has 0 aliphatic heterocycles. The van der Waals surface area contributed by atoms with Gasteiger partial charge in [-0.25, -0.2) is 4.79 Å². The van der Waals surface area contributed by atoms with Crippen molar-refractivity contribution in [3.05, 3.63) is 70.9 Å². The second kappa shape index (κ2) is 8.27. The Morgan fingerprint density at radius 1 is 1.11 bits per heavy atom. The Morgan fingerprint density at radius 2 is 1.81 bits per heavy atom. The lowest BCUT2D eigenvalue weighted by Crippen LogP contribution is -2.44. The molecule has 0 bridgehead atoms. The van der Waals surface area contributed by atoms with E-state index in [9.17, 15) is 9.59 Å². The quantitative estimate of drug-likeness (QED) is 0.628. The highest BCUT2D eigenvalue weighted by atomic mass is 35.5. The van der Waals surface area contributed by atoms with Crippen LogP contribution in [-0.4, -0.2) is 29.0 Å². The fourth-order valence-electron chi connectivity index (χ4n) is 2.91. The molecular weight excluding hydrogens is 364 g/mol. The molecule has 2 N–H and O–H groups in total. The Hall–Kier alpha value is -2.79. The minimum atomic E-state index is -0.824. The number of nitrogens with one attached hydrogen (secondary N) is 2. The Morgan fingerprint density at radius 3 is 2.56 bits per heavy atom. The second-order valence-corrected chi connectivity index (χ2v) is 6.96. The summed E-state index contributed by atoms with van der Waals surface area (Å²) in [6, 6.07) is 13.7. The number of amides is 1. The van der Waals surface area contributed by atoms with Crippen LogP contribution >= 0.6 is 11.6 Å². The highest BCUT2D eigenvalue weighted by Gasteiger charge is 2.26. The molecule has 2 aromatic carbocycles. The van der Waals surface area contributed by atoms with Gasteiger partial charge in [0.1, 0.15) is 6.04 Å². The average Bonchev–Trinajstić information content (AvgIpc) is 3.04. The van der Waals surface area contributed by atoms with Gasteiger partial charge in [0.15, 0.2) is 0 Å². The number of benzene rings is 2. The van der Waals surface area contributed by atoms with Crippen molar-refractivity contribution in [3.8, 4) is 0 Å². The van der Waals surface area contributed by atoms with E-state index < -0.39 is 17.9 Å². The SMILES string of the molecule is CC(C)OC(=O)[C@@H](Cc1c[nH]c2ccccc12)NC(=O)c1ccccc1Cl. The highest BCUT2D eigenvalue weighted by Crippen LogP contribution is 2.20. The van der Waals surface area contributed by atoms with Crippen LogP contribution in [0.1, 0.15) is 29.8 Å². The number of aromatic nitrogens is 1. The largest absolute Gasteiger partial charge is 0.461 e. The summed E-state index contributed by atoms with van der Waals surface area (Å²) in [4.78, 5) is 28.4. The molecule has 5 nitrogen and oxygen atoms in total. The smallest absolute Gasteiger partial charge is 0.329 e. The van der Waals surface area contributed by atoms with Gasteiger partial charge in [-0.1, -0.05) is 41.9 Å². The van der Waals surface area contributed by atoms with Gasteiger partial charge in [-0.15, -0.1) is 0 Å². The lowest BCUT2D eigenvalue weighted by atomic mass is 10.0. The third-order valence-electron chi connectivity index (χ3n) is 4.16. The van der Waals surface area contributed by atoms with Gasteiger partial charge in [0, 0.05) is 23.5 Å². The number of carbonyl (C=O) groups excluding carboxylic acids is 2. The summed E-state index contributed by atoms with van der Waals surface area (Å²) in [5, 5.41) is 4.11. The molecule has 27 heavy (non-hydrogen) atoms. The Bertz CT molecular complexity index is 965. The second-order valence-electron chi connectivity index (χ2n) is 6.56. The first kappa shape index (κ1) is 19.0. The van der Waals surface area contributed by atoms with E-state index in [1.807, 2.05) is 30.5 Å². The lowest BCUT2D eigenvalue weighted by molar-refractivity contribution is -0.149. The summed E-state index contributed by atoms with van der Waals surface area (Å²) >= 11 is 6.11. The van der Waals surface area contributed by atoms with E-state index in [0.717, 1.165) is 16.5 Å². The molecule has 1 atom stereocenters. The maximum absolute atomic E-state index is 12.6. The molecule has 1 heterocycles. The maximum Gasteiger partial charge on any atom is 0.329 e. The van der Waals surface area contributed by atoms with Crippen molar-refractivity contribution in [1.29, 1.82) is 0 Å². The molecule has 0 aliphatic rings. The predicted octanol–water partition coefficient (Wildman–Crippen LogP) is 4.11. The minimum Gasteiger partial charge on any atom is -0.461 e. The van der Waals surface area contributed by atoms with E-state index >= 15 is 0 Å². The zero-order valence-corrected chi connectivity index (χ0v) is 15.9. The normalized spacial score (nSPS) is 12.1. The first-order valence-corrected chi connectivity index (χ1v) is 9.14. The van der Waals surface area contributed by atoms with Gasteiger partial charge in [-0.3, -0.25) is 4.79 Å². The van der Waals surface area contributed by atoms with Crippen molar-refractivity contribution in [2.45, 2.75) is 32.4 Å². The summed E-state index contributed by atoms with van der Waals surface area (Å²) in [6.45, 7) is 3.55. The summed E-state index contributed by atoms with van der Waals surface area (Å²) < 4.78 is 5.34. The van der Waals surface area contributed by atoms with Gasteiger partial charge < -0.3 is 15.0 Å². The van der Waals surface area contributed by atoms with Gasteiger partial charge in [0.25, 0.3) is 5.91 Å². The number of rotatable bonds is 6. The van der Waals surface area contributed by atoms with Crippen LogP contribution in [0.2, 0.25) is 5.02 Å². The molecule has 0 radical (unpaired) electrons. The molecule has 3 aromatic rings. The first-order valence-electron chi connectivity index (χ1n) is 8.76. The molecule has 1 aromatic heterocycles. The zero-order valence-electron chi connectivity index (χ0n) is 15.2. The maximum atomic E-state index is 12.6. The molecule has 0 unspecified atom stereocenters. The van der Waals surface area contributed by atoms with Crippen molar-refractivity contribution in [1.82, 2.24) is 10.3 Å². The molecule has 6 heteroatoms. The van der Waals surface area contributed by atoms with Crippen molar-refractivity contribution in [2.75, 3.05) is 0 Å². The molecule has 0 fully saturated rings. The van der Waals surface area contributed by atoms with E-state index in [2.05, 4.69) is 10.3 Å². The van der Waals surface area contributed by atoms with E-state index in [0.29, 0.717) is 17.0 Å². The third kappa shape index (κ3) is 4.49. The van der Waals surface area contributed by atoms with Gasteiger partial charge in [-0.05, 0) is 37.6 Å². The number of halogens is 1. The van der Waals surface area contributed by atoms with Crippen molar-refractivity contribution in [3.63, 3.8) is 0 Å². The van der Waals surface area contributed by atoms with Crippen molar-refractivity contribution in [2.24, 2.45) is 0 Å². The minimum absolute atomic E-state index is 0.278. The van der Waals surface area contributed by atoms with Crippen LogP contribution in [0.5, 0.6) is 0 Å². The molecule has 0 saturated carbocycles. The van der Waals surface area contributed by atoms with Crippen LogP contribution in [0, 0.1) is 0 Å². The molecule has 1 amide bonds. The third-order valence-corrected chi connectivity index (χ3v) is 4.49. The number of esters is 1. The monoisotopic (exact) mass is 384 g/mol. The number of carbonyl (C=O) groups is 2. The first-order chi connectivity index (χ1) is 13.0. The van der Waals surface area contributed by atoms with E-state index in [4.69, 9.17) is 16.3 Å². The Labute approximate surface area is 162 Å². The predicted molar refractivity (Wildman–Crippen MR) is 106 cm³/mol. The molecular formula is C21H21ClN2O3. The van der Waals surface area contributed by atoms with E-state index in [-0.39, 0.29) is 6.10 Å². The van der Waals surface area contributed by atoms with Gasteiger partial charge in [-0.2, -0.15) is 0 Å². The fraction of sp³-hybridized carbons (Fsp3) is 0.238. The summed E-state index contributed by atoms with van der Waals surface area (Å²) in [5.74, 6) is -0.887. The topological polar surface area (TPSA) is 71.2 Å². The number of aromatic amines is 1. The van der Waals surface area contributed by atoms with Crippen molar-refractivity contribution >= 4 is 34.4 Å². The van der Waals surface area contributed by atoms with Gasteiger partial charge in [0.2, 0.25) is 0 Å². The number of hydrogen-bond acceptors (Lipinski definition) is 3. The molecule has 140 valence electrons. The molecule has 3 rings (SSSR count). The van der Waals surface area contributed by atoms with Crippen molar-refractivity contribution < 1.29 is 14.3 Å². The van der Waals surface area contributed by atoms with Crippen LogP contribution < -0.4 is 5.32 Å². The van der Waals surface area contributed by atoms with E-state index in [1.165, 1.54) is 0 Å². The number of hydrogen-bond donors (Lipinski definition) is 2. The summed E-state index contributed by atoms with van der Waals surface area (Å²) in [5.41, 5.74) is 2.22.